The van der Waals surface area contributed by atoms with Gasteiger partial charge in [0, 0.05) is 32.7 Å². The van der Waals surface area contributed by atoms with Crippen LogP contribution < -0.4 is 0 Å². The Balaban J connectivity index is 1.21. The number of ether oxygens (including phenoxy) is 4. The maximum Gasteiger partial charge on any atom is 0.410 e. The molecule has 0 bridgehead atoms. The van der Waals surface area contributed by atoms with E-state index in [0.29, 0.717) is 50.5 Å². The van der Waals surface area contributed by atoms with Gasteiger partial charge in [0.2, 0.25) is 0 Å². The molecule has 1 aliphatic carbocycles. The molecule has 1 spiro atoms. The van der Waals surface area contributed by atoms with Crippen molar-refractivity contribution in [3.8, 4) is 0 Å². The fraction of sp³-hybridized carbons (Fsp3) is 0.556. The zero-order valence-electron chi connectivity index (χ0n) is 27.2. The van der Waals surface area contributed by atoms with Crippen molar-refractivity contribution in [1.82, 2.24) is 9.80 Å². The molecule has 44 heavy (non-hydrogen) atoms. The molecule has 2 aromatic carbocycles. The van der Waals surface area contributed by atoms with Crippen molar-refractivity contribution in [3.05, 3.63) is 76.0 Å². The molecule has 8 nitrogen and oxygen atoms in total. The third-order valence-corrected chi connectivity index (χ3v) is 8.81. The third-order valence-electron chi connectivity index (χ3n) is 8.81. The summed E-state index contributed by atoms with van der Waals surface area (Å²) in [6, 6.07) is 14.3. The SMILES string of the molecule is Cc1cc(C)c(C2=C(OCc3ccccc3)[C@]3(CC[C@@H](OCCN4CCN(C(=O)OC(C)(C)C)CC4)CC3)OC2=O)c(C)c1. The molecule has 8 heteroatoms. The number of hydrogen-bond donors (Lipinski definition) is 0. The van der Waals surface area contributed by atoms with Crippen LogP contribution in [0.2, 0.25) is 0 Å². The largest absolute Gasteiger partial charge is 0.488 e. The van der Waals surface area contributed by atoms with Crippen LogP contribution in [0.25, 0.3) is 5.57 Å². The van der Waals surface area contributed by atoms with Gasteiger partial charge in [-0.2, -0.15) is 0 Å². The van der Waals surface area contributed by atoms with Crippen LogP contribution in [0.15, 0.2) is 48.2 Å². The Morgan fingerprint density at radius 2 is 1.61 bits per heavy atom. The second-order valence-corrected chi connectivity index (χ2v) is 13.5. The Bertz CT molecular complexity index is 1340. The number of esters is 1. The van der Waals surface area contributed by atoms with Gasteiger partial charge in [0.05, 0.1) is 12.7 Å². The normalized spacial score (nSPS) is 22.8. The van der Waals surface area contributed by atoms with Crippen LogP contribution in [0.4, 0.5) is 4.79 Å². The number of carbonyl (C=O) groups is 2. The van der Waals surface area contributed by atoms with Gasteiger partial charge in [-0.25, -0.2) is 9.59 Å². The highest BCUT2D eigenvalue weighted by atomic mass is 16.6. The van der Waals surface area contributed by atoms with Crippen molar-refractivity contribution in [2.75, 3.05) is 39.3 Å². The number of piperazine rings is 1. The molecule has 2 aromatic rings. The molecule has 2 fully saturated rings. The topological polar surface area (TPSA) is 77.5 Å². The highest BCUT2D eigenvalue weighted by Crippen LogP contribution is 2.48. The zero-order chi connectivity index (χ0) is 31.5. The predicted octanol–water partition coefficient (Wildman–Crippen LogP) is 6.35. The maximum absolute atomic E-state index is 13.6. The van der Waals surface area contributed by atoms with Crippen molar-refractivity contribution < 1.29 is 28.5 Å². The first-order chi connectivity index (χ1) is 20.9. The van der Waals surface area contributed by atoms with Gasteiger partial charge in [0.1, 0.15) is 17.8 Å². The molecule has 0 atom stereocenters. The van der Waals surface area contributed by atoms with Crippen molar-refractivity contribution in [2.24, 2.45) is 0 Å². The minimum Gasteiger partial charge on any atom is -0.488 e. The summed E-state index contributed by atoms with van der Waals surface area (Å²) in [4.78, 5) is 30.1. The van der Waals surface area contributed by atoms with Crippen molar-refractivity contribution >= 4 is 17.6 Å². The Morgan fingerprint density at radius 3 is 2.23 bits per heavy atom. The van der Waals surface area contributed by atoms with Crippen LogP contribution in [0.1, 0.15) is 74.3 Å². The Labute approximate surface area is 262 Å². The number of benzene rings is 2. The van der Waals surface area contributed by atoms with E-state index >= 15 is 0 Å². The summed E-state index contributed by atoms with van der Waals surface area (Å²) in [5, 5.41) is 0. The average molecular weight is 605 g/mol. The monoisotopic (exact) mass is 604 g/mol. The third kappa shape index (κ3) is 7.46. The van der Waals surface area contributed by atoms with Gasteiger partial charge in [-0.05, 0) is 89.5 Å². The van der Waals surface area contributed by atoms with E-state index in [1.54, 1.807) is 4.90 Å². The smallest absolute Gasteiger partial charge is 0.410 e. The summed E-state index contributed by atoms with van der Waals surface area (Å²) >= 11 is 0. The molecule has 1 saturated carbocycles. The van der Waals surface area contributed by atoms with E-state index in [-0.39, 0.29) is 18.2 Å². The van der Waals surface area contributed by atoms with Gasteiger partial charge in [0.15, 0.2) is 11.4 Å². The fourth-order valence-corrected chi connectivity index (χ4v) is 6.70. The quantitative estimate of drug-likeness (QED) is 0.325. The number of amides is 1. The van der Waals surface area contributed by atoms with Crippen LogP contribution in [0, 0.1) is 20.8 Å². The standard InChI is InChI=1S/C36H48N2O6/c1-25-22-26(2)30(27(3)23-25)31-32(42-24-28-10-8-7-9-11-28)36(43-33(31)39)14-12-29(13-15-36)41-21-20-37-16-18-38(19-17-37)34(40)44-35(4,5)6/h7-11,22-23,29H,12-21,24H2,1-6H3/t29-,36-. The van der Waals surface area contributed by atoms with Gasteiger partial charge in [-0.1, -0.05) is 48.0 Å². The van der Waals surface area contributed by atoms with Gasteiger partial charge < -0.3 is 23.8 Å². The number of nitrogens with zero attached hydrogens (tertiary/aromatic N) is 2. The fourth-order valence-electron chi connectivity index (χ4n) is 6.70. The van der Waals surface area contributed by atoms with E-state index in [0.717, 1.165) is 54.7 Å². The summed E-state index contributed by atoms with van der Waals surface area (Å²) in [5.41, 5.74) is 4.55. The Morgan fingerprint density at radius 1 is 0.977 bits per heavy atom. The van der Waals surface area contributed by atoms with E-state index in [4.69, 9.17) is 18.9 Å². The number of carbonyl (C=O) groups excluding carboxylic acids is 2. The van der Waals surface area contributed by atoms with Crippen LogP contribution in [0.5, 0.6) is 0 Å². The second-order valence-electron chi connectivity index (χ2n) is 13.5. The zero-order valence-corrected chi connectivity index (χ0v) is 27.2. The molecule has 0 aromatic heterocycles. The Kier molecular flexibility index (Phi) is 9.71. The maximum atomic E-state index is 13.6. The van der Waals surface area contributed by atoms with Crippen LogP contribution >= 0.6 is 0 Å². The van der Waals surface area contributed by atoms with Gasteiger partial charge >= 0.3 is 12.1 Å². The first-order valence-electron chi connectivity index (χ1n) is 16.0. The highest BCUT2D eigenvalue weighted by Gasteiger charge is 2.52. The van der Waals surface area contributed by atoms with Crippen LogP contribution in [-0.2, 0) is 30.3 Å². The number of aryl methyl sites for hydroxylation is 3. The number of rotatable bonds is 8. The van der Waals surface area contributed by atoms with Crippen molar-refractivity contribution in [2.45, 2.75) is 91.1 Å². The van der Waals surface area contributed by atoms with E-state index in [1.165, 1.54) is 5.56 Å². The molecule has 1 amide bonds. The summed E-state index contributed by atoms with van der Waals surface area (Å²) in [6.45, 7) is 16.6. The highest BCUT2D eigenvalue weighted by molar-refractivity contribution is 6.20. The lowest BCUT2D eigenvalue weighted by Crippen LogP contribution is -2.50. The van der Waals surface area contributed by atoms with Crippen molar-refractivity contribution in [3.63, 3.8) is 0 Å². The molecule has 5 rings (SSSR count). The minimum absolute atomic E-state index is 0.102. The lowest BCUT2D eigenvalue weighted by molar-refractivity contribution is -0.153. The molecule has 2 heterocycles. The lowest BCUT2D eigenvalue weighted by atomic mass is 9.80. The first-order valence-corrected chi connectivity index (χ1v) is 16.0. The van der Waals surface area contributed by atoms with Gasteiger partial charge in [-0.3, -0.25) is 4.90 Å². The summed E-state index contributed by atoms with van der Waals surface area (Å²) in [5.74, 6) is 0.371. The molecule has 2 aliphatic heterocycles. The molecular formula is C36H48N2O6. The first kappa shape index (κ1) is 32.0. The predicted molar refractivity (Wildman–Crippen MR) is 170 cm³/mol. The summed E-state index contributed by atoms with van der Waals surface area (Å²) in [6.07, 6.45) is 2.76. The van der Waals surface area contributed by atoms with E-state index in [9.17, 15) is 9.59 Å². The van der Waals surface area contributed by atoms with Crippen LogP contribution in [-0.4, -0.2) is 78.5 Å². The molecule has 0 radical (unpaired) electrons. The molecule has 0 unspecified atom stereocenters. The number of hydrogen-bond acceptors (Lipinski definition) is 7. The van der Waals surface area contributed by atoms with E-state index in [2.05, 4.69) is 37.8 Å². The molecule has 1 saturated heterocycles. The second kappa shape index (κ2) is 13.3. The van der Waals surface area contributed by atoms with Gasteiger partial charge in [0.25, 0.3) is 0 Å². The van der Waals surface area contributed by atoms with E-state index < -0.39 is 11.2 Å². The lowest BCUT2D eigenvalue weighted by Gasteiger charge is -2.38. The van der Waals surface area contributed by atoms with Gasteiger partial charge in [-0.15, -0.1) is 0 Å². The Hall–Kier alpha value is -3.36. The van der Waals surface area contributed by atoms with Crippen molar-refractivity contribution in [1.29, 1.82) is 0 Å². The average Bonchev–Trinajstić information content (AvgIpc) is 3.22. The molecular weight excluding hydrogens is 556 g/mol. The summed E-state index contributed by atoms with van der Waals surface area (Å²) < 4.78 is 24.7. The summed E-state index contributed by atoms with van der Waals surface area (Å²) in [7, 11) is 0. The molecule has 0 N–H and O–H groups in total. The van der Waals surface area contributed by atoms with Crippen LogP contribution in [0.3, 0.4) is 0 Å². The molecule has 3 aliphatic rings. The molecule has 238 valence electrons. The van der Waals surface area contributed by atoms with E-state index in [1.807, 2.05) is 51.1 Å². The minimum atomic E-state index is -0.775.